The Bertz CT molecular complexity index is 1880. The largest absolute Gasteiger partial charge is 0.488 e. The highest BCUT2D eigenvalue weighted by Gasteiger charge is 2.28. The van der Waals surface area contributed by atoms with Gasteiger partial charge in [-0.25, -0.2) is 14.2 Å². The predicted octanol–water partition coefficient (Wildman–Crippen LogP) is 6.73. The van der Waals surface area contributed by atoms with Gasteiger partial charge in [0.1, 0.15) is 18.5 Å². The molecular formula is C37H41FN6O4. The summed E-state index contributed by atoms with van der Waals surface area (Å²) in [6, 6.07) is 15.5. The van der Waals surface area contributed by atoms with Crippen LogP contribution in [0.5, 0.6) is 5.75 Å². The van der Waals surface area contributed by atoms with Crippen molar-refractivity contribution in [2.24, 2.45) is 0 Å². The van der Waals surface area contributed by atoms with Crippen molar-refractivity contribution in [3.05, 3.63) is 101 Å². The number of amides is 2. The van der Waals surface area contributed by atoms with Crippen LogP contribution in [0, 0.1) is 12.7 Å². The Labute approximate surface area is 279 Å². The molecule has 3 aliphatic rings. The van der Waals surface area contributed by atoms with Gasteiger partial charge in [-0.15, -0.1) is 0 Å². The molecule has 4 heterocycles. The van der Waals surface area contributed by atoms with Gasteiger partial charge in [0.2, 0.25) is 5.91 Å². The second-order valence-electron chi connectivity index (χ2n) is 12.6. The van der Waals surface area contributed by atoms with Crippen molar-refractivity contribution in [2.45, 2.75) is 45.2 Å². The van der Waals surface area contributed by atoms with Crippen LogP contribution in [0.25, 0.3) is 10.8 Å². The first kappa shape index (κ1) is 32.6. The molecule has 2 amide bonds. The minimum absolute atomic E-state index is 0.0122. The van der Waals surface area contributed by atoms with E-state index in [2.05, 4.69) is 27.1 Å². The van der Waals surface area contributed by atoms with Gasteiger partial charge < -0.3 is 30.3 Å². The first-order valence-corrected chi connectivity index (χ1v) is 16.2. The molecule has 2 atom stereocenters. The van der Waals surface area contributed by atoms with E-state index in [0.717, 1.165) is 58.2 Å². The third-order valence-corrected chi connectivity index (χ3v) is 9.07. The second-order valence-corrected chi connectivity index (χ2v) is 12.6. The summed E-state index contributed by atoms with van der Waals surface area (Å²) in [5.74, 6) is -0.564. The lowest BCUT2D eigenvalue weighted by Gasteiger charge is -2.28. The molecule has 4 aromatic rings. The van der Waals surface area contributed by atoms with Crippen LogP contribution in [0.1, 0.15) is 54.0 Å². The van der Waals surface area contributed by atoms with E-state index in [1.165, 1.54) is 11.0 Å². The van der Waals surface area contributed by atoms with Crippen molar-refractivity contribution >= 4 is 40.0 Å². The van der Waals surface area contributed by atoms with Crippen molar-refractivity contribution in [1.82, 2.24) is 14.8 Å². The first-order chi connectivity index (χ1) is 23.1. The summed E-state index contributed by atoms with van der Waals surface area (Å²) >= 11 is 0. The number of pyridine rings is 1. The molecule has 48 heavy (non-hydrogen) atoms. The molecule has 0 radical (unpaired) electrons. The molecular weight excluding hydrogens is 611 g/mol. The lowest BCUT2D eigenvalue weighted by molar-refractivity contribution is -0.131. The zero-order valence-electron chi connectivity index (χ0n) is 27.5. The number of nitrogens with one attached hydrogen (secondary N) is 2. The fourth-order valence-corrected chi connectivity index (χ4v) is 6.49. The normalized spacial score (nSPS) is 18.6. The summed E-state index contributed by atoms with van der Waals surface area (Å²) in [5.41, 5.74) is 11.1. The van der Waals surface area contributed by atoms with Crippen molar-refractivity contribution in [2.75, 3.05) is 49.7 Å². The fraction of sp³-hybridized carbons (Fsp3) is 0.324. The third-order valence-electron chi connectivity index (χ3n) is 9.07. The van der Waals surface area contributed by atoms with E-state index in [0.29, 0.717) is 17.9 Å². The third kappa shape index (κ3) is 7.00. The van der Waals surface area contributed by atoms with Crippen LogP contribution in [0.15, 0.2) is 73.1 Å². The van der Waals surface area contributed by atoms with Gasteiger partial charge in [-0.2, -0.15) is 0 Å². The van der Waals surface area contributed by atoms with Crippen LogP contribution < -0.4 is 21.1 Å². The number of aromatic nitrogens is 1. The number of aryl methyl sites for hydroxylation is 1. The molecule has 1 fully saturated rings. The standard InChI is InChI=1S/C37H41FN6O4/c1-22-16-26-7-9-30(22)23(2)21-48-37(46)42-29-18-27(34(32(38)19-29)47-15-14-44-13-5-6-24(44)3)20-43(4)36(45)33(26)41-28-8-10-31-25(17-28)11-12-40-35(31)39/h7-12,16-19,23,33,41H,3,5-6,13-15,20-21H2,1-2,4H3,(H2,39,40)(H,42,46)/t23-,33+/m0/s1. The Morgan fingerprint density at radius 2 is 2.00 bits per heavy atom. The summed E-state index contributed by atoms with van der Waals surface area (Å²) in [4.78, 5) is 35.0. The molecule has 0 unspecified atom stereocenters. The number of anilines is 3. The SMILES string of the molecule is C=C1CCCN1CCOc1c(F)cc2cc1CN(C)C(=O)[C@H](Nc1ccc3c(N)nccc3c1)c1ccc(c(C)c1)[C@@H](C)COC(=O)N2. The number of rotatable bonds is 6. The minimum Gasteiger partial charge on any atom is -0.488 e. The van der Waals surface area contributed by atoms with Gasteiger partial charge in [0, 0.05) is 66.3 Å². The van der Waals surface area contributed by atoms with E-state index in [4.69, 9.17) is 15.2 Å². The van der Waals surface area contributed by atoms with Gasteiger partial charge in [0.15, 0.2) is 11.6 Å². The quantitative estimate of drug-likeness (QED) is 0.210. The molecule has 3 aliphatic heterocycles. The molecule has 10 nitrogen and oxygen atoms in total. The van der Waals surface area contributed by atoms with E-state index in [-0.39, 0.29) is 43.0 Å². The Morgan fingerprint density at radius 3 is 2.77 bits per heavy atom. The number of carbonyl (C=O) groups excluding carboxylic acids is 2. The molecule has 0 spiro atoms. The summed E-state index contributed by atoms with van der Waals surface area (Å²) in [7, 11) is 1.67. The summed E-state index contributed by atoms with van der Waals surface area (Å²) in [6.07, 6.45) is 2.92. The van der Waals surface area contributed by atoms with E-state index in [9.17, 15) is 9.59 Å². The fourth-order valence-electron chi connectivity index (χ4n) is 6.49. The average Bonchev–Trinajstić information content (AvgIpc) is 3.47. The maximum absolute atomic E-state index is 15.7. The topological polar surface area (TPSA) is 122 Å². The number of likely N-dealkylation sites (tertiary alicyclic amines) is 1. The van der Waals surface area contributed by atoms with Crippen LogP contribution in [-0.4, -0.2) is 60.1 Å². The highest BCUT2D eigenvalue weighted by atomic mass is 19.1. The number of nitrogens with zero attached hydrogens (tertiary/aromatic N) is 3. The second kappa shape index (κ2) is 13.8. The number of likely N-dealkylation sites (N-methyl/N-ethyl adjacent to an activating group) is 1. The number of nitrogen functional groups attached to an aromatic ring is 1. The van der Waals surface area contributed by atoms with Crippen LogP contribution in [-0.2, 0) is 16.1 Å². The van der Waals surface area contributed by atoms with Crippen molar-refractivity contribution < 1.29 is 23.5 Å². The monoisotopic (exact) mass is 652 g/mol. The Kier molecular flexibility index (Phi) is 9.38. The molecule has 1 saturated heterocycles. The molecule has 0 aliphatic carbocycles. The Morgan fingerprint density at radius 1 is 1.17 bits per heavy atom. The van der Waals surface area contributed by atoms with Crippen LogP contribution in [0.3, 0.4) is 0 Å². The van der Waals surface area contributed by atoms with Gasteiger partial charge in [-0.3, -0.25) is 10.1 Å². The Hall–Kier alpha value is -5.32. The van der Waals surface area contributed by atoms with Crippen LogP contribution >= 0.6 is 0 Å². The van der Waals surface area contributed by atoms with Gasteiger partial charge >= 0.3 is 6.09 Å². The first-order valence-electron chi connectivity index (χ1n) is 16.2. The van der Waals surface area contributed by atoms with E-state index in [1.807, 2.05) is 56.3 Å². The zero-order valence-corrected chi connectivity index (χ0v) is 27.5. The summed E-state index contributed by atoms with van der Waals surface area (Å²) in [5, 5.41) is 7.79. The number of halogens is 1. The molecule has 250 valence electrons. The number of fused-ring (bicyclic) bond motifs is 10. The molecule has 4 bridgehead atoms. The summed E-state index contributed by atoms with van der Waals surface area (Å²) < 4.78 is 27.3. The number of nitrogens with two attached hydrogens (primary N) is 1. The molecule has 1 aromatic heterocycles. The number of allylic oxidation sites excluding steroid dienone is 1. The lowest BCUT2D eigenvalue weighted by atomic mass is 9.93. The van der Waals surface area contributed by atoms with E-state index >= 15 is 4.39 Å². The van der Waals surface area contributed by atoms with Gasteiger partial charge in [-0.05, 0) is 72.2 Å². The molecule has 11 heteroatoms. The highest BCUT2D eigenvalue weighted by Crippen LogP contribution is 2.33. The number of hydrogen-bond acceptors (Lipinski definition) is 8. The number of ether oxygens (including phenoxy) is 2. The lowest BCUT2D eigenvalue weighted by Crippen LogP contribution is -2.35. The van der Waals surface area contributed by atoms with Crippen molar-refractivity contribution in [3.63, 3.8) is 0 Å². The average molecular weight is 653 g/mol. The van der Waals surface area contributed by atoms with Gasteiger partial charge in [0.05, 0.1) is 13.2 Å². The minimum atomic E-state index is -0.780. The maximum Gasteiger partial charge on any atom is 0.411 e. The van der Waals surface area contributed by atoms with Gasteiger partial charge in [-0.1, -0.05) is 31.7 Å². The molecule has 4 N–H and O–H groups in total. The molecule has 0 saturated carbocycles. The van der Waals surface area contributed by atoms with E-state index < -0.39 is 18.0 Å². The summed E-state index contributed by atoms with van der Waals surface area (Å²) in [6.45, 7) is 9.84. The highest BCUT2D eigenvalue weighted by molar-refractivity contribution is 5.94. The van der Waals surface area contributed by atoms with Gasteiger partial charge in [0.25, 0.3) is 0 Å². The van der Waals surface area contributed by atoms with Crippen LogP contribution in [0.4, 0.5) is 26.4 Å². The van der Waals surface area contributed by atoms with Crippen LogP contribution in [0.2, 0.25) is 0 Å². The predicted molar refractivity (Wildman–Crippen MR) is 185 cm³/mol. The molecule has 3 aromatic carbocycles. The number of hydrogen-bond donors (Lipinski definition) is 3. The number of benzene rings is 3. The van der Waals surface area contributed by atoms with Crippen molar-refractivity contribution in [3.8, 4) is 5.75 Å². The molecule has 7 rings (SSSR count). The Balaban J connectivity index is 1.36. The van der Waals surface area contributed by atoms with E-state index in [1.54, 1.807) is 19.3 Å². The number of carbonyl (C=O) groups is 2. The van der Waals surface area contributed by atoms with Crippen molar-refractivity contribution in [1.29, 1.82) is 0 Å². The maximum atomic E-state index is 15.7. The smallest absolute Gasteiger partial charge is 0.411 e. The zero-order chi connectivity index (χ0) is 33.9.